The minimum atomic E-state index is -5.36. The predicted octanol–water partition coefficient (Wildman–Crippen LogP) is 3.69. The molecule has 0 saturated heterocycles. The van der Waals surface area contributed by atoms with Gasteiger partial charge in [-0.3, -0.25) is 9.79 Å². The number of hydrogen-bond acceptors (Lipinski definition) is 8. The lowest BCUT2D eigenvalue weighted by Gasteiger charge is -2.20. The van der Waals surface area contributed by atoms with Crippen LogP contribution in [-0.4, -0.2) is 24.7 Å². The highest BCUT2D eigenvalue weighted by Gasteiger charge is 2.40. The fraction of sp³-hybridized carbons (Fsp3) is 0. The fourth-order valence-electron chi connectivity index (χ4n) is 2.47. The molecular weight excluding hydrogens is 477 g/mol. The Morgan fingerprint density at radius 3 is 1.61 bits per heavy atom. The summed E-state index contributed by atoms with van der Waals surface area (Å²) in [7, 11) is -15.3. The van der Waals surface area contributed by atoms with Crippen LogP contribution < -0.4 is 13.6 Å². The number of benzene rings is 3. The van der Waals surface area contributed by atoms with Crippen LogP contribution in [0.2, 0.25) is 0 Å². The van der Waals surface area contributed by atoms with Gasteiger partial charge in [-0.05, 0) is 36.4 Å². The van der Waals surface area contributed by atoms with Crippen LogP contribution in [-0.2, 0) is 18.0 Å². The number of phenolic OH excluding ortho intramolecular Hbond substituents is 1. The summed E-state index contributed by atoms with van der Waals surface area (Å²) in [5.41, 5.74) is 0. The number of fused-ring (bicyclic) bond motifs is 1. The number of hydrogen-bond donors (Lipinski definition) is 5. The monoisotopic (exact) mass is 492 g/mol. The quantitative estimate of drug-likeness (QED) is 0.287. The van der Waals surface area contributed by atoms with Gasteiger partial charge in [-0.2, -0.15) is 4.31 Å². The summed E-state index contributed by atoms with van der Waals surface area (Å²) >= 11 is 0. The summed E-state index contributed by atoms with van der Waals surface area (Å²) < 4.78 is 54.7. The van der Waals surface area contributed by atoms with E-state index in [2.05, 4.69) is 8.83 Å². The van der Waals surface area contributed by atoms with Crippen molar-refractivity contribution in [3.05, 3.63) is 60.7 Å². The third kappa shape index (κ3) is 6.54. The van der Waals surface area contributed by atoms with Crippen molar-refractivity contribution in [3.8, 4) is 23.0 Å². The lowest BCUT2D eigenvalue weighted by Crippen LogP contribution is -2.04. The van der Waals surface area contributed by atoms with Crippen LogP contribution in [0.4, 0.5) is 0 Å². The molecule has 166 valence electrons. The van der Waals surface area contributed by atoms with E-state index in [1.54, 1.807) is 0 Å². The average molecular weight is 492 g/mol. The van der Waals surface area contributed by atoms with Gasteiger partial charge in [0.25, 0.3) is 0 Å². The van der Waals surface area contributed by atoms with Crippen molar-refractivity contribution >= 4 is 34.2 Å². The van der Waals surface area contributed by atoms with Gasteiger partial charge in [0.1, 0.15) is 23.0 Å². The normalized spacial score (nSPS) is 14.1. The molecule has 0 aliphatic carbocycles. The first-order valence-electron chi connectivity index (χ1n) is 8.16. The Morgan fingerprint density at radius 2 is 1.13 bits per heavy atom. The summed E-state index contributed by atoms with van der Waals surface area (Å²) in [5, 5.41) is 9.58. The predicted molar refractivity (Wildman–Crippen MR) is 107 cm³/mol. The number of phosphoric acid groups is 3. The molecule has 0 fully saturated rings. The molecule has 0 aromatic heterocycles. The molecule has 3 rings (SSSR count). The fourth-order valence-corrected chi connectivity index (χ4v) is 5.01. The highest BCUT2D eigenvalue weighted by atomic mass is 31.3. The van der Waals surface area contributed by atoms with Crippen LogP contribution in [0.1, 0.15) is 0 Å². The van der Waals surface area contributed by atoms with Crippen LogP contribution in [0, 0.1) is 0 Å². The highest BCUT2D eigenvalue weighted by Crippen LogP contribution is 2.61. The largest absolute Gasteiger partial charge is 0.596 e. The van der Waals surface area contributed by atoms with E-state index in [0.29, 0.717) is 0 Å². The van der Waals surface area contributed by atoms with Gasteiger partial charge in [-0.15, -0.1) is 0 Å². The van der Waals surface area contributed by atoms with Crippen molar-refractivity contribution in [2.45, 2.75) is 0 Å². The van der Waals surface area contributed by atoms with E-state index in [1.807, 2.05) is 0 Å². The standard InChI is InChI=1S/C16H15O12P3/c17-11-5-7-12(8-6-11)25-31(24,28-30(21,22)23)27-16-10-9-15(26-29(18,19)20)13-3-1-2-4-14(13)16/h1-10,17H,(H2,18,19,20)(H2,21,22,23). The smallest absolute Gasteiger partial charge is 0.508 e. The number of aromatic hydroxyl groups is 1. The molecule has 0 saturated carbocycles. The van der Waals surface area contributed by atoms with Gasteiger partial charge >= 0.3 is 23.5 Å². The summed E-state index contributed by atoms with van der Waals surface area (Å²) in [5.74, 6) is -0.809. The molecule has 0 aliphatic heterocycles. The van der Waals surface area contributed by atoms with Gasteiger partial charge in [0, 0.05) is 10.8 Å². The molecule has 0 radical (unpaired) electrons. The zero-order chi connectivity index (χ0) is 22.9. The molecule has 5 N–H and O–H groups in total. The van der Waals surface area contributed by atoms with Gasteiger partial charge in [0.15, 0.2) is 0 Å². The number of phenols is 1. The van der Waals surface area contributed by atoms with Gasteiger partial charge in [0.05, 0.1) is 0 Å². The molecule has 3 aromatic rings. The van der Waals surface area contributed by atoms with Crippen molar-refractivity contribution in [2.24, 2.45) is 0 Å². The van der Waals surface area contributed by atoms with Crippen LogP contribution in [0.15, 0.2) is 60.7 Å². The maximum absolute atomic E-state index is 13.0. The van der Waals surface area contributed by atoms with E-state index in [1.165, 1.54) is 36.4 Å². The molecule has 0 amide bonds. The second-order valence-corrected chi connectivity index (χ2v) is 9.94. The summed E-state index contributed by atoms with van der Waals surface area (Å²) in [6.07, 6.45) is 0. The molecule has 0 heterocycles. The SMILES string of the molecule is O=P(O)(O)Oc1ccc(OP(=O)(Oc2ccc(O)cc2)OP(=O)(O)O)c2ccccc12. The molecule has 3 aromatic carbocycles. The molecule has 12 nitrogen and oxygen atoms in total. The summed E-state index contributed by atoms with van der Waals surface area (Å²) in [6.45, 7) is 0. The van der Waals surface area contributed by atoms with Gasteiger partial charge in [-0.1, -0.05) is 24.3 Å². The lowest BCUT2D eigenvalue weighted by atomic mass is 10.1. The third-order valence-corrected chi connectivity index (χ3v) is 6.47. The molecule has 31 heavy (non-hydrogen) atoms. The molecule has 0 bridgehead atoms. The Bertz CT molecular complexity index is 1230. The minimum Gasteiger partial charge on any atom is -0.508 e. The van der Waals surface area contributed by atoms with Gasteiger partial charge in [-0.25, -0.2) is 13.7 Å². The Labute approximate surface area is 174 Å². The molecular formula is C16H15O12P3. The van der Waals surface area contributed by atoms with E-state index in [9.17, 15) is 18.8 Å². The Morgan fingerprint density at radius 1 is 0.613 bits per heavy atom. The topological polar surface area (TPSA) is 189 Å². The first-order valence-corrected chi connectivity index (χ1v) is 12.7. The molecule has 1 atom stereocenters. The summed E-state index contributed by atoms with van der Waals surface area (Å²) in [6, 6.07) is 12.7. The minimum absolute atomic E-state index is 0.122. The van der Waals surface area contributed by atoms with E-state index < -0.39 is 23.5 Å². The van der Waals surface area contributed by atoms with Crippen molar-refractivity contribution < 1.29 is 56.3 Å². The van der Waals surface area contributed by atoms with E-state index in [4.69, 9.17) is 28.6 Å². The summed E-state index contributed by atoms with van der Waals surface area (Å²) in [4.78, 5) is 36.4. The Balaban J connectivity index is 2.04. The van der Waals surface area contributed by atoms with Crippen molar-refractivity contribution in [2.75, 3.05) is 0 Å². The van der Waals surface area contributed by atoms with E-state index in [-0.39, 0.29) is 33.8 Å². The first-order chi connectivity index (χ1) is 14.3. The third-order valence-electron chi connectivity index (χ3n) is 3.53. The van der Waals surface area contributed by atoms with Crippen LogP contribution in [0.5, 0.6) is 23.0 Å². The van der Waals surface area contributed by atoms with Crippen LogP contribution in [0.25, 0.3) is 10.8 Å². The molecule has 0 spiro atoms. The van der Waals surface area contributed by atoms with Crippen molar-refractivity contribution in [3.63, 3.8) is 0 Å². The first kappa shape index (κ1) is 23.3. The Hall–Kier alpha value is -2.39. The maximum Gasteiger partial charge on any atom is 0.596 e. The Kier molecular flexibility index (Phi) is 6.48. The molecule has 15 heteroatoms. The highest BCUT2D eigenvalue weighted by molar-refractivity contribution is 7.61. The van der Waals surface area contributed by atoms with Gasteiger partial charge < -0.3 is 28.5 Å². The molecule has 1 unspecified atom stereocenters. The van der Waals surface area contributed by atoms with Gasteiger partial charge in [0.2, 0.25) is 0 Å². The average Bonchev–Trinajstić information content (AvgIpc) is 2.63. The number of rotatable bonds is 8. The second-order valence-electron chi connectivity index (χ2n) is 5.89. The van der Waals surface area contributed by atoms with E-state index >= 15 is 0 Å². The number of phosphoric ester groups is 2. The van der Waals surface area contributed by atoms with Crippen molar-refractivity contribution in [1.82, 2.24) is 0 Å². The van der Waals surface area contributed by atoms with Crippen LogP contribution >= 0.6 is 23.5 Å². The van der Waals surface area contributed by atoms with Crippen LogP contribution in [0.3, 0.4) is 0 Å². The second kappa shape index (κ2) is 8.63. The van der Waals surface area contributed by atoms with E-state index in [0.717, 1.165) is 24.3 Å². The molecule has 0 aliphatic rings. The zero-order valence-electron chi connectivity index (χ0n) is 15.2. The zero-order valence-corrected chi connectivity index (χ0v) is 17.9. The maximum atomic E-state index is 13.0. The van der Waals surface area contributed by atoms with Crippen molar-refractivity contribution in [1.29, 1.82) is 0 Å². The lowest BCUT2D eigenvalue weighted by molar-refractivity contribution is 0.233.